The number of carbonyl (C=O) groups is 3. The van der Waals surface area contributed by atoms with Crippen LogP contribution >= 0.6 is 11.6 Å². The molecule has 1 saturated heterocycles. The van der Waals surface area contributed by atoms with Crippen LogP contribution in [0.4, 0.5) is 5.69 Å². The summed E-state index contributed by atoms with van der Waals surface area (Å²) in [5, 5.41) is 0.522. The van der Waals surface area contributed by atoms with Gasteiger partial charge in [0.25, 0.3) is 5.91 Å². The number of anilines is 1. The lowest BCUT2D eigenvalue weighted by Gasteiger charge is -2.24. The molecule has 0 spiro atoms. The van der Waals surface area contributed by atoms with Crippen LogP contribution in [0.2, 0.25) is 5.02 Å². The SMILES string of the molecule is O=C(CN(C(=O)c1ccco1)C1CC1)N1CC(=O)N(c2cccc(Cl)c2)C1. The maximum atomic E-state index is 12.7. The number of halogens is 1. The molecular formula is C19H18ClN3O4. The Morgan fingerprint density at radius 2 is 2.04 bits per heavy atom. The molecule has 0 atom stereocenters. The average Bonchev–Trinajstić information content (AvgIpc) is 3.18. The Morgan fingerprint density at radius 1 is 1.22 bits per heavy atom. The Morgan fingerprint density at radius 3 is 2.70 bits per heavy atom. The minimum absolute atomic E-state index is 0.0151. The molecule has 3 amide bonds. The van der Waals surface area contributed by atoms with E-state index in [-0.39, 0.29) is 49.3 Å². The van der Waals surface area contributed by atoms with Gasteiger partial charge in [0, 0.05) is 16.8 Å². The van der Waals surface area contributed by atoms with Crippen molar-refractivity contribution >= 4 is 35.0 Å². The zero-order valence-corrected chi connectivity index (χ0v) is 15.3. The number of furan rings is 1. The first-order chi connectivity index (χ1) is 13.0. The molecule has 7 nitrogen and oxygen atoms in total. The topological polar surface area (TPSA) is 74.1 Å². The largest absolute Gasteiger partial charge is 0.459 e. The number of hydrogen-bond acceptors (Lipinski definition) is 4. The monoisotopic (exact) mass is 387 g/mol. The maximum absolute atomic E-state index is 12.7. The van der Waals surface area contributed by atoms with Crippen molar-refractivity contribution in [2.24, 2.45) is 0 Å². The van der Waals surface area contributed by atoms with Crippen molar-refractivity contribution in [2.75, 3.05) is 24.7 Å². The van der Waals surface area contributed by atoms with Crippen molar-refractivity contribution in [3.63, 3.8) is 0 Å². The molecule has 140 valence electrons. The second kappa shape index (κ2) is 7.08. The Labute approximate surface area is 161 Å². The molecule has 2 heterocycles. The van der Waals surface area contributed by atoms with Crippen LogP contribution < -0.4 is 4.90 Å². The summed E-state index contributed by atoms with van der Waals surface area (Å²) in [5.41, 5.74) is 0.647. The molecule has 1 aliphatic carbocycles. The third kappa shape index (κ3) is 3.68. The van der Waals surface area contributed by atoms with Crippen LogP contribution in [0.3, 0.4) is 0 Å². The van der Waals surface area contributed by atoms with Crippen LogP contribution in [-0.2, 0) is 9.59 Å². The van der Waals surface area contributed by atoms with Crippen molar-refractivity contribution in [2.45, 2.75) is 18.9 Å². The van der Waals surface area contributed by atoms with Crippen LogP contribution in [0.5, 0.6) is 0 Å². The summed E-state index contributed by atoms with van der Waals surface area (Å²) in [6.45, 7) is 0.0606. The van der Waals surface area contributed by atoms with Gasteiger partial charge in [0.1, 0.15) is 19.8 Å². The van der Waals surface area contributed by atoms with Gasteiger partial charge in [-0.1, -0.05) is 17.7 Å². The summed E-state index contributed by atoms with van der Waals surface area (Å²) < 4.78 is 5.17. The highest BCUT2D eigenvalue weighted by molar-refractivity contribution is 6.31. The van der Waals surface area contributed by atoms with Crippen molar-refractivity contribution in [1.29, 1.82) is 0 Å². The van der Waals surface area contributed by atoms with Crippen LogP contribution in [0.25, 0.3) is 0 Å². The van der Waals surface area contributed by atoms with E-state index in [0.717, 1.165) is 12.8 Å². The van der Waals surface area contributed by atoms with Gasteiger partial charge in [-0.05, 0) is 43.2 Å². The zero-order valence-electron chi connectivity index (χ0n) is 14.5. The number of amides is 3. The highest BCUT2D eigenvalue weighted by atomic mass is 35.5. The zero-order chi connectivity index (χ0) is 19.0. The fourth-order valence-electron chi connectivity index (χ4n) is 3.13. The summed E-state index contributed by atoms with van der Waals surface area (Å²) in [6, 6.07) is 10.2. The van der Waals surface area contributed by atoms with E-state index in [2.05, 4.69) is 0 Å². The predicted molar refractivity (Wildman–Crippen MR) is 98.3 cm³/mol. The second-order valence-corrected chi connectivity index (χ2v) is 7.11. The van der Waals surface area contributed by atoms with Crippen LogP contribution in [0.15, 0.2) is 47.1 Å². The molecule has 0 bridgehead atoms. The highest BCUT2D eigenvalue weighted by Gasteiger charge is 2.38. The first-order valence-electron chi connectivity index (χ1n) is 8.71. The van der Waals surface area contributed by atoms with E-state index < -0.39 is 0 Å². The third-order valence-electron chi connectivity index (χ3n) is 4.70. The van der Waals surface area contributed by atoms with Crippen molar-refractivity contribution in [3.8, 4) is 0 Å². The maximum Gasteiger partial charge on any atom is 0.290 e. The van der Waals surface area contributed by atoms with Crippen molar-refractivity contribution < 1.29 is 18.8 Å². The fourth-order valence-corrected chi connectivity index (χ4v) is 3.31. The number of carbonyl (C=O) groups excluding carboxylic acids is 3. The van der Waals surface area contributed by atoms with E-state index in [1.165, 1.54) is 21.0 Å². The lowest BCUT2D eigenvalue weighted by Crippen LogP contribution is -2.43. The van der Waals surface area contributed by atoms with Crippen LogP contribution in [-0.4, -0.2) is 53.3 Å². The Balaban J connectivity index is 1.45. The van der Waals surface area contributed by atoms with Gasteiger partial charge in [0.2, 0.25) is 11.8 Å². The standard InChI is InChI=1S/C19H18ClN3O4/c20-13-3-1-4-15(9-13)23-12-21(10-18(23)25)17(24)11-22(14-6-7-14)19(26)16-5-2-8-27-16/h1-5,8-9,14H,6-7,10-12H2. The molecule has 1 saturated carbocycles. The van der Waals surface area contributed by atoms with Gasteiger partial charge < -0.3 is 14.2 Å². The van der Waals surface area contributed by atoms with E-state index in [0.29, 0.717) is 10.7 Å². The van der Waals surface area contributed by atoms with Gasteiger partial charge in [-0.25, -0.2) is 0 Å². The number of nitrogens with zero attached hydrogens (tertiary/aromatic N) is 3. The minimum Gasteiger partial charge on any atom is -0.459 e. The normalized spacial score (nSPS) is 16.7. The Bertz CT molecular complexity index is 879. The molecule has 2 aliphatic rings. The number of hydrogen-bond donors (Lipinski definition) is 0. The molecule has 8 heteroatoms. The van der Waals surface area contributed by atoms with Crippen molar-refractivity contribution in [1.82, 2.24) is 9.80 Å². The third-order valence-corrected chi connectivity index (χ3v) is 4.93. The van der Waals surface area contributed by atoms with E-state index in [1.54, 1.807) is 36.4 Å². The van der Waals surface area contributed by atoms with Gasteiger partial charge >= 0.3 is 0 Å². The van der Waals surface area contributed by atoms with Gasteiger partial charge in [0.15, 0.2) is 5.76 Å². The summed E-state index contributed by atoms with van der Waals surface area (Å²) in [6.07, 6.45) is 3.17. The molecular weight excluding hydrogens is 370 g/mol. The average molecular weight is 388 g/mol. The Hall–Kier alpha value is -2.80. The predicted octanol–water partition coefficient (Wildman–Crippen LogP) is 2.37. The van der Waals surface area contributed by atoms with Gasteiger partial charge in [-0.3, -0.25) is 19.3 Å². The van der Waals surface area contributed by atoms with Crippen LogP contribution in [0, 0.1) is 0 Å². The second-order valence-electron chi connectivity index (χ2n) is 6.68. The van der Waals surface area contributed by atoms with E-state index in [1.807, 2.05) is 0 Å². The summed E-state index contributed by atoms with van der Waals surface area (Å²) in [4.78, 5) is 42.2. The molecule has 2 aromatic rings. The molecule has 0 unspecified atom stereocenters. The quantitative estimate of drug-likeness (QED) is 0.789. The molecule has 4 rings (SSSR count). The lowest BCUT2D eigenvalue weighted by molar-refractivity contribution is -0.132. The fraction of sp³-hybridized carbons (Fsp3) is 0.316. The van der Waals surface area contributed by atoms with Crippen molar-refractivity contribution in [3.05, 3.63) is 53.4 Å². The first kappa shape index (κ1) is 17.6. The molecule has 0 N–H and O–H groups in total. The molecule has 1 aliphatic heterocycles. The molecule has 1 aromatic heterocycles. The number of benzene rings is 1. The van der Waals surface area contributed by atoms with E-state index >= 15 is 0 Å². The first-order valence-corrected chi connectivity index (χ1v) is 9.09. The molecule has 1 aromatic carbocycles. The summed E-state index contributed by atoms with van der Waals surface area (Å²) in [7, 11) is 0. The summed E-state index contributed by atoms with van der Waals surface area (Å²) in [5.74, 6) is -0.526. The van der Waals surface area contributed by atoms with Crippen LogP contribution in [0.1, 0.15) is 23.4 Å². The highest BCUT2D eigenvalue weighted by Crippen LogP contribution is 2.29. The minimum atomic E-state index is -0.298. The lowest BCUT2D eigenvalue weighted by atomic mass is 10.3. The van der Waals surface area contributed by atoms with Gasteiger partial charge in [-0.15, -0.1) is 0 Å². The number of rotatable bonds is 5. The summed E-state index contributed by atoms with van der Waals surface area (Å²) >= 11 is 5.99. The van der Waals surface area contributed by atoms with E-state index in [9.17, 15) is 14.4 Å². The van der Waals surface area contributed by atoms with E-state index in [4.69, 9.17) is 16.0 Å². The molecule has 27 heavy (non-hydrogen) atoms. The Kier molecular flexibility index (Phi) is 4.61. The van der Waals surface area contributed by atoms with Gasteiger partial charge in [0.05, 0.1) is 6.26 Å². The molecule has 2 fully saturated rings. The van der Waals surface area contributed by atoms with Gasteiger partial charge in [-0.2, -0.15) is 0 Å². The molecule has 0 radical (unpaired) electrons. The smallest absolute Gasteiger partial charge is 0.290 e.